The van der Waals surface area contributed by atoms with Crippen LogP contribution >= 0.6 is 0 Å². The zero-order chi connectivity index (χ0) is 10.7. The van der Waals surface area contributed by atoms with Gasteiger partial charge in [0.05, 0.1) is 0 Å². The summed E-state index contributed by atoms with van der Waals surface area (Å²) >= 11 is 0. The molecule has 78 valence electrons. The Morgan fingerprint density at radius 3 is 2.21 bits per heavy atom. The predicted molar refractivity (Wildman–Crippen MR) is 56.7 cm³/mol. The van der Waals surface area contributed by atoms with Crippen LogP contribution < -0.4 is 4.90 Å². The molecular formula is C10H17N3O. The lowest BCUT2D eigenvalue weighted by atomic mass is 10.2. The molecular weight excluding hydrogens is 178 g/mol. The van der Waals surface area contributed by atoms with Crippen molar-refractivity contribution >= 4 is 5.82 Å². The zero-order valence-electron chi connectivity index (χ0n) is 9.20. The molecule has 0 atom stereocenters. The predicted octanol–water partition coefficient (Wildman–Crippen LogP) is 1.65. The van der Waals surface area contributed by atoms with Gasteiger partial charge in [0.25, 0.3) is 0 Å². The molecule has 0 fully saturated rings. The molecule has 14 heavy (non-hydrogen) atoms. The average Bonchev–Trinajstić information content (AvgIpc) is 2.15. The van der Waals surface area contributed by atoms with Gasteiger partial charge in [-0.05, 0) is 27.7 Å². The van der Waals surface area contributed by atoms with Crippen LogP contribution in [0.15, 0.2) is 0 Å². The summed E-state index contributed by atoms with van der Waals surface area (Å²) < 4.78 is 0. The van der Waals surface area contributed by atoms with E-state index in [2.05, 4.69) is 28.7 Å². The molecule has 0 aliphatic heterocycles. The second kappa shape index (κ2) is 4.26. The first kappa shape index (κ1) is 10.8. The Morgan fingerprint density at radius 1 is 1.14 bits per heavy atom. The third-order valence-corrected chi connectivity index (χ3v) is 2.41. The van der Waals surface area contributed by atoms with Gasteiger partial charge in [0, 0.05) is 24.3 Å². The molecule has 0 bridgehead atoms. The Balaban J connectivity index is 3.18. The maximum absolute atomic E-state index is 9.31. The largest absolute Gasteiger partial charge is 0.479 e. The number of nitrogens with zero attached hydrogens (tertiary/aromatic N) is 3. The first-order chi connectivity index (χ1) is 6.60. The van der Waals surface area contributed by atoms with E-state index >= 15 is 0 Å². The highest BCUT2D eigenvalue weighted by Crippen LogP contribution is 2.21. The second-order valence-electron chi connectivity index (χ2n) is 3.23. The molecule has 1 N–H and O–H groups in total. The van der Waals surface area contributed by atoms with Crippen LogP contribution in [0.1, 0.15) is 25.1 Å². The molecule has 0 saturated heterocycles. The molecule has 1 aromatic rings. The topological polar surface area (TPSA) is 49.2 Å². The summed E-state index contributed by atoms with van der Waals surface area (Å²) in [5.41, 5.74) is 1.87. The van der Waals surface area contributed by atoms with Gasteiger partial charge < -0.3 is 10.0 Å². The normalized spacial score (nSPS) is 10.3. The minimum atomic E-state index is -0.144. The number of aromatic hydroxyl groups is 1. The molecule has 0 saturated carbocycles. The molecule has 1 rings (SSSR count). The quantitative estimate of drug-likeness (QED) is 0.796. The number of hydrogen-bond acceptors (Lipinski definition) is 4. The van der Waals surface area contributed by atoms with E-state index in [1.165, 1.54) is 0 Å². The van der Waals surface area contributed by atoms with Crippen LogP contribution in [0.4, 0.5) is 5.82 Å². The number of rotatable bonds is 3. The van der Waals surface area contributed by atoms with E-state index in [1.54, 1.807) is 0 Å². The van der Waals surface area contributed by atoms with Crippen LogP contribution in [0.2, 0.25) is 0 Å². The van der Waals surface area contributed by atoms with Gasteiger partial charge in [-0.3, -0.25) is 0 Å². The third kappa shape index (κ3) is 1.95. The molecule has 0 radical (unpaired) electrons. The lowest BCUT2D eigenvalue weighted by Crippen LogP contribution is -2.24. The highest BCUT2D eigenvalue weighted by Gasteiger charge is 2.11. The van der Waals surface area contributed by atoms with Crippen molar-refractivity contribution in [3.05, 3.63) is 11.3 Å². The third-order valence-electron chi connectivity index (χ3n) is 2.41. The SMILES string of the molecule is CCN(CC)c1nc(O)nc(C)c1C. The Labute approximate surface area is 84.6 Å². The molecule has 1 heterocycles. The standard InChI is InChI=1S/C10H17N3O/c1-5-13(6-2)9-7(3)8(4)11-10(14)12-9/h5-6H2,1-4H3,(H,11,12,14). The first-order valence-electron chi connectivity index (χ1n) is 4.89. The summed E-state index contributed by atoms with van der Waals surface area (Å²) in [7, 11) is 0. The summed E-state index contributed by atoms with van der Waals surface area (Å²) in [6.45, 7) is 9.75. The summed E-state index contributed by atoms with van der Waals surface area (Å²) in [5.74, 6) is 0.833. The molecule has 4 nitrogen and oxygen atoms in total. The van der Waals surface area contributed by atoms with E-state index < -0.39 is 0 Å². The van der Waals surface area contributed by atoms with Crippen LogP contribution in [0.25, 0.3) is 0 Å². The fourth-order valence-electron chi connectivity index (χ4n) is 1.43. The number of hydrogen-bond donors (Lipinski definition) is 1. The minimum absolute atomic E-state index is 0.144. The van der Waals surface area contributed by atoms with E-state index in [0.29, 0.717) is 0 Å². The van der Waals surface area contributed by atoms with Crippen LogP contribution in [-0.4, -0.2) is 28.2 Å². The van der Waals surface area contributed by atoms with Crippen molar-refractivity contribution < 1.29 is 5.11 Å². The van der Waals surface area contributed by atoms with Gasteiger partial charge in [0.15, 0.2) is 0 Å². The van der Waals surface area contributed by atoms with Crippen LogP contribution in [0.3, 0.4) is 0 Å². The minimum Gasteiger partial charge on any atom is -0.479 e. The van der Waals surface area contributed by atoms with Crippen molar-refractivity contribution in [2.75, 3.05) is 18.0 Å². The average molecular weight is 195 g/mol. The molecule has 0 aromatic carbocycles. The van der Waals surface area contributed by atoms with Gasteiger partial charge in [0.2, 0.25) is 0 Å². The van der Waals surface area contributed by atoms with Crippen LogP contribution in [0, 0.1) is 13.8 Å². The summed E-state index contributed by atoms with van der Waals surface area (Å²) in [4.78, 5) is 10.0. The zero-order valence-corrected chi connectivity index (χ0v) is 9.20. The lowest BCUT2D eigenvalue weighted by Gasteiger charge is -2.22. The van der Waals surface area contributed by atoms with E-state index in [-0.39, 0.29) is 6.01 Å². The highest BCUT2D eigenvalue weighted by molar-refractivity contribution is 5.48. The molecule has 0 aliphatic rings. The van der Waals surface area contributed by atoms with E-state index in [1.807, 2.05) is 13.8 Å². The number of aromatic nitrogens is 2. The molecule has 4 heteroatoms. The van der Waals surface area contributed by atoms with Crippen molar-refractivity contribution in [2.45, 2.75) is 27.7 Å². The summed E-state index contributed by atoms with van der Waals surface area (Å²) in [6, 6.07) is -0.144. The van der Waals surface area contributed by atoms with Gasteiger partial charge in [-0.1, -0.05) is 0 Å². The lowest BCUT2D eigenvalue weighted by molar-refractivity contribution is 0.428. The maximum atomic E-state index is 9.31. The van der Waals surface area contributed by atoms with Crippen LogP contribution in [-0.2, 0) is 0 Å². The van der Waals surface area contributed by atoms with Crippen molar-refractivity contribution in [1.29, 1.82) is 0 Å². The summed E-state index contributed by atoms with van der Waals surface area (Å²) in [5, 5.41) is 9.31. The fourth-order valence-corrected chi connectivity index (χ4v) is 1.43. The Morgan fingerprint density at radius 2 is 1.71 bits per heavy atom. The fraction of sp³-hybridized carbons (Fsp3) is 0.600. The van der Waals surface area contributed by atoms with Crippen molar-refractivity contribution in [1.82, 2.24) is 9.97 Å². The Kier molecular flexibility index (Phi) is 3.28. The molecule has 0 aliphatic carbocycles. The molecule has 0 unspecified atom stereocenters. The Hall–Kier alpha value is -1.32. The van der Waals surface area contributed by atoms with Gasteiger partial charge in [-0.2, -0.15) is 4.98 Å². The second-order valence-corrected chi connectivity index (χ2v) is 3.23. The van der Waals surface area contributed by atoms with E-state index in [9.17, 15) is 5.11 Å². The van der Waals surface area contributed by atoms with Crippen molar-refractivity contribution in [2.24, 2.45) is 0 Å². The van der Waals surface area contributed by atoms with Gasteiger partial charge in [-0.15, -0.1) is 0 Å². The van der Waals surface area contributed by atoms with Gasteiger partial charge in [-0.25, -0.2) is 4.98 Å². The Bertz CT molecular complexity index is 321. The van der Waals surface area contributed by atoms with Crippen molar-refractivity contribution in [3.8, 4) is 6.01 Å². The molecule has 0 spiro atoms. The maximum Gasteiger partial charge on any atom is 0.316 e. The van der Waals surface area contributed by atoms with Gasteiger partial charge in [0.1, 0.15) is 5.82 Å². The van der Waals surface area contributed by atoms with E-state index in [0.717, 1.165) is 30.2 Å². The van der Waals surface area contributed by atoms with Gasteiger partial charge >= 0.3 is 6.01 Å². The van der Waals surface area contributed by atoms with E-state index in [4.69, 9.17) is 0 Å². The first-order valence-corrected chi connectivity index (χ1v) is 4.89. The van der Waals surface area contributed by atoms with Crippen molar-refractivity contribution in [3.63, 3.8) is 0 Å². The monoisotopic (exact) mass is 195 g/mol. The number of aryl methyl sites for hydroxylation is 1. The summed E-state index contributed by atoms with van der Waals surface area (Å²) in [6.07, 6.45) is 0. The smallest absolute Gasteiger partial charge is 0.316 e. The number of anilines is 1. The van der Waals surface area contributed by atoms with Crippen LogP contribution in [0.5, 0.6) is 6.01 Å². The molecule has 0 amide bonds. The molecule has 1 aromatic heterocycles. The highest BCUT2D eigenvalue weighted by atomic mass is 16.3.